The highest BCUT2D eigenvalue weighted by molar-refractivity contribution is 7.91. The maximum atomic E-state index is 12.5. The minimum absolute atomic E-state index is 0.0771. The molecule has 1 N–H and O–H groups in total. The molecule has 0 aromatic carbocycles. The number of likely N-dealkylation sites (tertiary alicyclic amines) is 1. The third-order valence-corrected chi connectivity index (χ3v) is 6.12. The van der Waals surface area contributed by atoms with Gasteiger partial charge >= 0.3 is 6.03 Å². The Kier molecular flexibility index (Phi) is 6.09. The van der Waals surface area contributed by atoms with Gasteiger partial charge in [-0.1, -0.05) is 0 Å². The number of urea groups is 1. The van der Waals surface area contributed by atoms with Crippen LogP contribution in [0.1, 0.15) is 46.0 Å². The van der Waals surface area contributed by atoms with Crippen LogP contribution in [0, 0.1) is 0 Å². The minimum atomic E-state index is -2.96. The number of piperidine rings is 1. The summed E-state index contributed by atoms with van der Waals surface area (Å²) in [6.07, 6.45) is 4.72. The van der Waals surface area contributed by atoms with Crippen molar-refractivity contribution in [2.24, 2.45) is 0 Å². The van der Waals surface area contributed by atoms with Crippen molar-refractivity contribution in [1.82, 2.24) is 10.2 Å². The van der Waals surface area contributed by atoms with Crippen LogP contribution in [0.5, 0.6) is 0 Å². The standard InChI is InChI=1S/C15H28N2O4S/c1-12(2)21-9-6-14-5-3-4-8-17(14)15(18)16-13-7-10-22(19,20)11-13/h12-14H,3-11H2,1-2H3,(H,16,18)/t13-,14-/m0/s1. The van der Waals surface area contributed by atoms with E-state index in [4.69, 9.17) is 4.74 Å². The summed E-state index contributed by atoms with van der Waals surface area (Å²) in [6, 6.07) is -0.145. The molecule has 0 aromatic rings. The van der Waals surface area contributed by atoms with Crippen molar-refractivity contribution in [3.63, 3.8) is 0 Å². The number of hydrogen-bond acceptors (Lipinski definition) is 4. The van der Waals surface area contributed by atoms with Crippen LogP contribution in [0.15, 0.2) is 0 Å². The zero-order chi connectivity index (χ0) is 16.2. The fraction of sp³-hybridized carbons (Fsp3) is 0.933. The number of sulfone groups is 1. The highest BCUT2D eigenvalue weighted by Crippen LogP contribution is 2.21. The van der Waals surface area contributed by atoms with Crippen LogP contribution < -0.4 is 5.32 Å². The highest BCUT2D eigenvalue weighted by Gasteiger charge is 2.32. The Labute approximate surface area is 133 Å². The summed E-state index contributed by atoms with van der Waals surface area (Å²) in [6.45, 7) is 5.42. The lowest BCUT2D eigenvalue weighted by Gasteiger charge is -2.36. The van der Waals surface area contributed by atoms with Crippen molar-refractivity contribution < 1.29 is 17.9 Å². The van der Waals surface area contributed by atoms with Crippen molar-refractivity contribution in [2.45, 2.75) is 64.1 Å². The first kappa shape index (κ1) is 17.5. The van der Waals surface area contributed by atoms with E-state index in [0.29, 0.717) is 13.0 Å². The zero-order valence-corrected chi connectivity index (χ0v) is 14.4. The molecule has 6 nitrogen and oxygen atoms in total. The fourth-order valence-corrected chi connectivity index (χ4v) is 4.85. The van der Waals surface area contributed by atoms with E-state index in [1.165, 1.54) is 0 Å². The quantitative estimate of drug-likeness (QED) is 0.829. The predicted octanol–water partition coefficient (Wildman–Crippen LogP) is 1.55. The summed E-state index contributed by atoms with van der Waals surface area (Å²) in [4.78, 5) is 14.3. The number of nitrogens with zero attached hydrogens (tertiary/aromatic N) is 1. The molecule has 0 spiro atoms. The molecule has 0 bridgehead atoms. The van der Waals surface area contributed by atoms with Crippen LogP contribution in [0.3, 0.4) is 0 Å². The van der Waals surface area contributed by atoms with Crippen molar-refractivity contribution in [3.8, 4) is 0 Å². The first-order valence-corrected chi connectivity index (χ1v) is 10.1. The molecule has 2 heterocycles. The number of carbonyl (C=O) groups excluding carboxylic acids is 1. The third kappa shape index (κ3) is 5.12. The van der Waals surface area contributed by atoms with Crippen LogP contribution in [0.4, 0.5) is 4.79 Å². The molecule has 2 aliphatic heterocycles. The van der Waals surface area contributed by atoms with Crippen molar-refractivity contribution in [2.75, 3.05) is 24.7 Å². The van der Waals surface area contributed by atoms with E-state index in [9.17, 15) is 13.2 Å². The van der Waals surface area contributed by atoms with Crippen LogP contribution in [-0.2, 0) is 14.6 Å². The van der Waals surface area contributed by atoms with E-state index in [1.807, 2.05) is 18.7 Å². The molecule has 0 radical (unpaired) electrons. The monoisotopic (exact) mass is 332 g/mol. The SMILES string of the molecule is CC(C)OCC[C@@H]1CCCCN1C(=O)N[C@H]1CCS(=O)(=O)C1. The summed E-state index contributed by atoms with van der Waals surface area (Å²) in [5, 5.41) is 2.90. The first-order valence-electron chi connectivity index (χ1n) is 8.26. The van der Waals surface area contributed by atoms with Gasteiger partial charge in [0.2, 0.25) is 0 Å². The lowest BCUT2D eigenvalue weighted by atomic mass is 10.00. The van der Waals surface area contributed by atoms with Crippen LogP contribution in [0.2, 0.25) is 0 Å². The van der Waals surface area contributed by atoms with E-state index < -0.39 is 9.84 Å². The second-order valence-corrected chi connectivity index (χ2v) is 8.83. The van der Waals surface area contributed by atoms with Gasteiger partial charge in [-0.15, -0.1) is 0 Å². The van der Waals surface area contributed by atoms with Crippen LogP contribution >= 0.6 is 0 Å². The number of ether oxygens (including phenoxy) is 1. The normalized spacial score (nSPS) is 28.0. The lowest BCUT2D eigenvalue weighted by Crippen LogP contribution is -2.51. The molecule has 2 aliphatic rings. The van der Waals surface area contributed by atoms with Crippen molar-refractivity contribution in [1.29, 1.82) is 0 Å². The molecule has 128 valence electrons. The Morgan fingerprint density at radius 2 is 2.09 bits per heavy atom. The molecule has 22 heavy (non-hydrogen) atoms. The van der Waals surface area contributed by atoms with Gasteiger partial charge < -0.3 is 15.0 Å². The number of rotatable bonds is 5. The van der Waals surface area contributed by atoms with Crippen molar-refractivity contribution in [3.05, 3.63) is 0 Å². The smallest absolute Gasteiger partial charge is 0.317 e. The minimum Gasteiger partial charge on any atom is -0.379 e. The predicted molar refractivity (Wildman–Crippen MR) is 85.6 cm³/mol. The summed E-state index contributed by atoms with van der Waals surface area (Å²) < 4.78 is 28.6. The van der Waals surface area contributed by atoms with Gasteiger partial charge in [0.15, 0.2) is 9.84 Å². The van der Waals surface area contributed by atoms with Gasteiger partial charge in [-0.3, -0.25) is 0 Å². The third-order valence-electron chi connectivity index (χ3n) is 4.35. The molecule has 2 amide bonds. The fourth-order valence-electron chi connectivity index (χ4n) is 3.17. The van der Waals surface area contributed by atoms with Gasteiger partial charge in [-0.25, -0.2) is 13.2 Å². The Hall–Kier alpha value is -0.820. The summed E-state index contributed by atoms with van der Waals surface area (Å²) in [5.41, 5.74) is 0. The van der Waals surface area contributed by atoms with Gasteiger partial charge in [0.25, 0.3) is 0 Å². The van der Waals surface area contributed by atoms with Crippen LogP contribution in [-0.4, -0.2) is 62.2 Å². The van der Waals surface area contributed by atoms with E-state index >= 15 is 0 Å². The second kappa shape index (κ2) is 7.64. The highest BCUT2D eigenvalue weighted by atomic mass is 32.2. The molecule has 0 aliphatic carbocycles. The molecule has 2 fully saturated rings. The maximum absolute atomic E-state index is 12.5. The number of nitrogens with one attached hydrogen (secondary N) is 1. The average Bonchev–Trinajstić information content (AvgIpc) is 2.78. The number of carbonyl (C=O) groups is 1. The Morgan fingerprint density at radius 1 is 1.32 bits per heavy atom. The van der Waals surface area contributed by atoms with Gasteiger partial charge in [0.1, 0.15) is 0 Å². The molecule has 0 aromatic heterocycles. The lowest BCUT2D eigenvalue weighted by molar-refractivity contribution is 0.0551. The molecular formula is C15H28N2O4S. The number of amides is 2. The molecule has 2 saturated heterocycles. The second-order valence-electron chi connectivity index (χ2n) is 6.60. The average molecular weight is 332 g/mol. The van der Waals surface area contributed by atoms with E-state index in [1.54, 1.807) is 0 Å². The molecule has 0 saturated carbocycles. The molecule has 7 heteroatoms. The Morgan fingerprint density at radius 3 is 2.73 bits per heavy atom. The van der Waals surface area contributed by atoms with E-state index in [2.05, 4.69) is 5.32 Å². The van der Waals surface area contributed by atoms with Gasteiger partial charge in [0, 0.05) is 25.2 Å². The summed E-state index contributed by atoms with van der Waals surface area (Å²) in [5.74, 6) is 0.261. The van der Waals surface area contributed by atoms with Crippen molar-refractivity contribution >= 4 is 15.9 Å². The van der Waals surface area contributed by atoms with Gasteiger partial charge in [-0.2, -0.15) is 0 Å². The Bertz CT molecular complexity index is 478. The van der Waals surface area contributed by atoms with Gasteiger partial charge in [-0.05, 0) is 46.0 Å². The molecule has 2 atom stereocenters. The molecular weight excluding hydrogens is 304 g/mol. The molecule has 0 unspecified atom stereocenters. The maximum Gasteiger partial charge on any atom is 0.317 e. The number of hydrogen-bond donors (Lipinski definition) is 1. The van der Waals surface area contributed by atoms with Gasteiger partial charge in [0.05, 0.1) is 17.6 Å². The summed E-state index contributed by atoms with van der Waals surface area (Å²) in [7, 11) is -2.96. The Balaban J connectivity index is 1.85. The largest absolute Gasteiger partial charge is 0.379 e. The summed E-state index contributed by atoms with van der Waals surface area (Å²) >= 11 is 0. The molecule has 2 rings (SSSR count). The topological polar surface area (TPSA) is 75.7 Å². The van der Waals surface area contributed by atoms with E-state index in [-0.39, 0.29) is 35.7 Å². The van der Waals surface area contributed by atoms with Crippen LogP contribution in [0.25, 0.3) is 0 Å². The zero-order valence-electron chi connectivity index (χ0n) is 13.6. The van der Waals surface area contributed by atoms with E-state index in [0.717, 1.165) is 32.2 Å². The first-order chi connectivity index (χ1) is 10.4.